The third-order valence-electron chi connectivity index (χ3n) is 4.39. The molecule has 1 aromatic rings. The van der Waals surface area contributed by atoms with Gasteiger partial charge in [0.1, 0.15) is 13.2 Å². The molecule has 26 heavy (non-hydrogen) atoms. The van der Waals surface area contributed by atoms with E-state index in [1.807, 2.05) is 0 Å². The number of carbonyl (C=O) groups is 2. The first-order valence-corrected chi connectivity index (χ1v) is 9.19. The Morgan fingerprint density at radius 1 is 1.35 bits per heavy atom. The van der Waals surface area contributed by atoms with E-state index >= 15 is 0 Å². The highest BCUT2D eigenvalue weighted by Crippen LogP contribution is 2.38. The molecule has 1 aromatic carbocycles. The van der Waals surface area contributed by atoms with Crippen molar-refractivity contribution in [2.75, 3.05) is 32.9 Å². The van der Waals surface area contributed by atoms with Crippen LogP contribution in [0.15, 0.2) is 18.2 Å². The van der Waals surface area contributed by atoms with Crippen LogP contribution < -0.4 is 9.47 Å². The summed E-state index contributed by atoms with van der Waals surface area (Å²) in [5.74, 6) is 0.508. The zero-order valence-electron chi connectivity index (χ0n) is 14.7. The van der Waals surface area contributed by atoms with Gasteiger partial charge in [-0.3, -0.25) is 9.59 Å². The molecule has 6 nitrogen and oxygen atoms in total. The van der Waals surface area contributed by atoms with Gasteiger partial charge in [-0.05, 0) is 43.5 Å². The molecule has 0 N–H and O–H groups in total. The number of fused-ring (bicyclic) bond motifs is 1. The Hall–Kier alpha value is -2.21. The van der Waals surface area contributed by atoms with Gasteiger partial charge in [-0.2, -0.15) is 0 Å². The van der Waals surface area contributed by atoms with Crippen molar-refractivity contribution in [2.24, 2.45) is 5.92 Å². The van der Waals surface area contributed by atoms with E-state index in [9.17, 15) is 9.59 Å². The first-order chi connectivity index (χ1) is 12.6. The van der Waals surface area contributed by atoms with Crippen LogP contribution in [0.3, 0.4) is 0 Å². The zero-order chi connectivity index (χ0) is 18.5. The van der Waals surface area contributed by atoms with E-state index in [-0.39, 0.29) is 17.8 Å². The summed E-state index contributed by atoms with van der Waals surface area (Å²) in [5, 5.41) is 0.453. The SMILES string of the molecule is CCOC(=O)[C@@H]1CCCN(C(=O)/C=C/c2cc(Cl)c3c(c2)OCCO3)C1. The minimum Gasteiger partial charge on any atom is -0.486 e. The molecule has 2 aliphatic rings. The van der Waals surface area contributed by atoms with Crippen LogP contribution in [0.2, 0.25) is 5.02 Å². The van der Waals surface area contributed by atoms with Gasteiger partial charge < -0.3 is 19.1 Å². The van der Waals surface area contributed by atoms with Gasteiger partial charge in [0.15, 0.2) is 11.5 Å². The monoisotopic (exact) mass is 379 g/mol. The molecule has 0 radical (unpaired) electrons. The molecule has 0 aliphatic carbocycles. The molecular formula is C19H22ClNO5. The van der Waals surface area contributed by atoms with Gasteiger partial charge in [-0.25, -0.2) is 0 Å². The third kappa shape index (κ3) is 4.30. The summed E-state index contributed by atoms with van der Waals surface area (Å²) in [4.78, 5) is 26.1. The van der Waals surface area contributed by atoms with Crippen molar-refractivity contribution in [3.8, 4) is 11.5 Å². The maximum atomic E-state index is 12.5. The van der Waals surface area contributed by atoms with Gasteiger partial charge in [0.05, 0.1) is 17.5 Å². The molecule has 2 heterocycles. The predicted molar refractivity (Wildman–Crippen MR) is 97.4 cm³/mol. The van der Waals surface area contributed by atoms with Crippen molar-refractivity contribution in [3.63, 3.8) is 0 Å². The number of hydrogen-bond acceptors (Lipinski definition) is 5. The third-order valence-corrected chi connectivity index (χ3v) is 4.67. The maximum Gasteiger partial charge on any atom is 0.310 e. The lowest BCUT2D eigenvalue weighted by atomic mass is 9.98. The molecular weight excluding hydrogens is 358 g/mol. The molecule has 0 saturated carbocycles. The van der Waals surface area contributed by atoms with Crippen LogP contribution in [0.1, 0.15) is 25.3 Å². The number of likely N-dealkylation sites (tertiary alicyclic amines) is 1. The quantitative estimate of drug-likeness (QED) is 0.594. The lowest BCUT2D eigenvalue weighted by molar-refractivity contribution is -0.150. The second-order valence-corrected chi connectivity index (χ2v) is 6.64. The minimum absolute atomic E-state index is 0.134. The van der Waals surface area contributed by atoms with Gasteiger partial charge in [-0.1, -0.05) is 11.6 Å². The number of rotatable bonds is 4. The van der Waals surface area contributed by atoms with E-state index in [0.29, 0.717) is 49.4 Å². The summed E-state index contributed by atoms with van der Waals surface area (Å²) in [7, 11) is 0. The fourth-order valence-corrected chi connectivity index (χ4v) is 3.40. The van der Waals surface area contributed by atoms with E-state index < -0.39 is 0 Å². The molecule has 7 heteroatoms. The van der Waals surface area contributed by atoms with E-state index in [1.54, 1.807) is 30.0 Å². The summed E-state index contributed by atoms with van der Waals surface area (Å²) < 4.78 is 16.1. The molecule has 0 aromatic heterocycles. The van der Waals surface area contributed by atoms with Gasteiger partial charge in [-0.15, -0.1) is 0 Å². The van der Waals surface area contributed by atoms with Crippen molar-refractivity contribution >= 4 is 29.6 Å². The number of benzene rings is 1. The second kappa shape index (κ2) is 8.45. The van der Waals surface area contributed by atoms with Gasteiger partial charge >= 0.3 is 5.97 Å². The smallest absolute Gasteiger partial charge is 0.310 e. The Kier molecular flexibility index (Phi) is 6.04. The van der Waals surface area contributed by atoms with Gasteiger partial charge in [0, 0.05) is 19.2 Å². The average molecular weight is 380 g/mol. The Morgan fingerprint density at radius 2 is 2.15 bits per heavy atom. The summed E-state index contributed by atoms with van der Waals surface area (Å²) in [5.41, 5.74) is 0.756. The summed E-state index contributed by atoms with van der Waals surface area (Å²) in [6, 6.07) is 3.53. The van der Waals surface area contributed by atoms with Crippen LogP contribution in [-0.4, -0.2) is 49.7 Å². The largest absolute Gasteiger partial charge is 0.486 e. The molecule has 1 saturated heterocycles. The number of carbonyl (C=O) groups excluding carboxylic acids is 2. The maximum absolute atomic E-state index is 12.5. The Labute approximate surface area is 157 Å². The van der Waals surface area contributed by atoms with Crippen LogP contribution in [0.25, 0.3) is 6.08 Å². The van der Waals surface area contributed by atoms with Crippen LogP contribution >= 0.6 is 11.6 Å². The predicted octanol–water partition coefficient (Wildman–Crippen LogP) is 2.93. The molecule has 2 aliphatic heterocycles. The number of esters is 1. The molecule has 3 rings (SSSR count). The number of hydrogen-bond donors (Lipinski definition) is 0. The Balaban J connectivity index is 1.66. The number of halogens is 1. The second-order valence-electron chi connectivity index (χ2n) is 6.24. The first-order valence-electron chi connectivity index (χ1n) is 8.81. The summed E-state index contributed by atoms with van der Waals surface area (Å²) in [6.45, 7) is 4.11. The van der Waals surface area contributed by atoms with E-state index in [1.165, 1.54) is 6.08 Å². The number of ether oxygens (including phenoxy) is 3. The van der Waals surface area contributed by atoms with E-state index in [2.05, 4.69) is 0 Å². The summed E-state index contributed by atoms with van der Waals surface area (Å²) in [6.07, 6.45) is 4.73. The lowest BCUT2D eigenvalue weighted by Crippen LogP contribution is -2.42. The van der Waals surface area contributed by atoms with Crippen LogP contribution in [0, 0.1) is 5.92 Å². The van der Waals surface area contributed by atoms with Crippen molar-refractivity contribution in [2.45, 2.75) is 19.8 Å². The van der Waals surface area contributed by atoms with Crippen LogP contribution in [0.5, 0.6) is 11.5 Å². The minimum atomic E-state index is -0.246. The van der Waals surface area contributed by atoms with Crippen LogP contribution in [0.4, 0.5) is 0 Å². The van der Waals surface area contributed by atoms with Crippen molar-refractivity contribution in [1.29, 1.82) is 0 Å². The molecule has 1 fully saturated rings. The van der Waals surface area contributed by atoms with Crippen molar-refractivity contribution < 1.29 is 23.8 Å². The summed E-state index contributed by atoms with van der Waals surface area (Å²) >= 11 is 6.21. The standard InChI is InChI=1S/C19H22ClNO5/c1-2-24-19(23)14-4-3-7-21(12-14)17(22)6-5-13-10-15(20)18-16(11-13)25-8-9-26-18/h5-6,10-11,14H,2-4,7-9,12H2,1H3/b6-5+/t14-/m1/s1. The average Bonchev–Trinajstić information content (AvgIpc) is 2.66. The highest BCUT2D eigenvalue weighted by molar-refractivity contribution is 6.32. The van der Waals surface area contributed by atoms with Crippen molar-refractivity contribution in [3.05, 3.63) is 28.8 Å². The van der Waals surface area contributed by atoms with Gasteiger partial charge in [0.2, 0.25) is 5.91 Å². The molecule has 0 spiro atoms. The molecule has 1 atom stereocenters. The molecule has 140 valence electrons. The normalized spacial score (nSPS) is 19.5. The topological polar surface area (TPSA) is 65.1 Å². The highest BCUT2D eigenvalue weighted by Gasteiger charge is 2.28. The first kappa shape index (κ1) is 18.6. The highest BCUT2D eigenvalue weighted by atomic mass is 35.5. The Morgan fingerprint density at radius 3 is 2.96 bits per heavy atom. The fourth-order valence-electron chi connectivity index (χ4n) is 3.13. The van der Waals surface area contributed by atoms with E-state index in [4.69, 9.17) is 25.8 Å². The molecule has 0 bridgehead atoms. The van der Waals surface area contributed by atoms with Crippen LogP contribution in [-0.2, 0) is 14.3 Å². The number of piperidine rings is 1. The molecule has 0 unspecified atom stereocenters. The van der Waals surface area contributed by atoms with E-state index in [0.717, 1.165) is 18.4 Å². The lowest BCUT2D eigenvalue weighted by Gasteiger charge is -2.30. The number of amides is 1. The molecule has 1 amide bonds. The zero-order valence-corrected chi connectivity index (χ0v) is 15.5. The fraction of sp³-hybridized carbons (Fsp3) is 0.474. The van der Waals surface area contributed by atoms with Gasteiger partial charge in [0.25, 0.3) is 0 Å². The Bertz CT molecular complexity index is 718. The van der Waals surface area contributed by atoms with Crippen molar-refractivity contribution in [1.82, 2.24) is 4.90 Å². The number of nitrogens with zero attached hydrogens (tertiary/aromatic N) is 1.